The molecule has 1 nitrogen and oxygen atoms in total. The molecule has 2 atom stereocenters. The molecule has 0 heterocycles. The Hall–Kier alpha value is -0.330. The van der Waals surface area contributed by atoms with E-state index in [0.29, 0.717) is 11.7 Å². The average molecular weight is 140 g/mol. The third-order valence-electron chi connectivity index (χ3n) is 2.64. The summed E-state index contributed by atoms with van der Waals surface area (Å²) in [5, 5.41) is 0. The highest BCUT2D eigenvalue weighted by Gasteiger charge is 2.19. The van der Waals surface area contributed by atoms with Crippen molar-refractivity contribution >= 4 is 5.78 Å². The Morgan fingerprint density at radius 1 is 1.30 bits per heavy atom. The summed E-state index contributed by atoms with van der Waals surface area (Å²) in [6.07, 6.45) is 4.01. The Balaban J connectivity index is 2.49. The molecule has 0 spiro atoms. The zero-order chi connectivity index (χ0) is 7.56. The molecule has 0 aromatic heterocycles. The zero-order valence-corrected chi connectivity index (χ0v) is 6.89. The number of rotatable bonds is 0. The van der Waals surface area contributed by atoms with Gasteiger partial charge in [-0.3, -0.25) is 4.79 Å². The molecule has 0 radical (unpaired) electrons. The number of ketones is 1. The van der Waals surface area contributed by atoms with Crippen LogP contribution in [0.1, 0.15) is 39.5 Å². The molecule has 0 unspecified atom stereocenters. The van der Waals surface area contributed by atoms with E-state index in [0.717, 1.165) is 25.2 Å². The number of Topliss-reactive ketones (excluding diaryl/α,β-unsaturated/α-hetero) is 1. The Kier molecular flexibility index (Phi) is 2.47. The van der Waals surface area contributed by atoms with Crippen molar-refractivity contribution in [2.75, 3.05) is 0 Å². The van der Waals surface area contributed by atoms with Gasteiger partial charge in [-0.2, -0.15) is 0 Å². The van der Waals surface area contributed by atoms with E-state index in [9.17, 15) is 4.79 Å². The smallest absolute Gasteiger partial charge is 0.133 e. The second kappa shape index (κ2) is 3.18. The standard InChI is InChI=1S/C9H16O/c1-7-4-3-5-9(10)6-8(7)2/h7-8H,3-6H2,1-2H3/t7-,8+/m0/s1. The van der Waals surface area contributed by atoms with Crippen molar-refractivity contribution in [3.8, 4) is 0 Å². The maximum absolute atomic E-state index is 11.0. The van der Waals surface area contributed by atoms with Crippen LogP contribution >= 0.6 is 0 Å². The predicted octanol–water partition coefficient (Wildman–Crippen LogP) is 2.40. The van der Waals surface area contributed by atoms with E-state index in [1.54, 1.807) is 0 Å². The van der Waals surface area contributed by atoms with Gasteiger partial charge in [-0.05, 0) is 18.3 Å². The first-order valence-corrected chi connectivity index (χ1v) is 4.22. The van der Waals surface area contributed by atoms with Gasteiger partial charge in [0.25, 0.3) is 0 Å². The maximum Gasteiger partial charge on any atom is 0.133 e. The van der Waals surface area contributed by atoms with E-state index >= 15 is 0 Å². The summed E-state index contributed by atoms with van der Waals surface area (Å²) in [6.45, 7) is 4.44. The lowest BCUT2D eigenvalue weighted by Gasteiger charge is -2.13. The lowest BCUT2D eigenvalue weighted by molar-refractivity contribution is -0.119. The molecule has 1 fully saturated rings. The summed E-state index contributed by atoms with van der Waals surface area (Å²) in [4.78, 5) is 11.0. The van der Waals surface area contributed by atoms with Crippen molar-refractivity contribution in [1.82, 2.24) is 0 Å². The van der Waals surface area contributed by atoms with Crippen molar-refractivity contribution < 1.29 is 4.79 Å². The van der Waals surface area contributed by atoms with Crippen LogP contribution in [-0.4, -0.2) is 5.78 Å². The highest BCUT2D eigenvalue weighted by molar-refractivity contribution is 5.78. The quantitative estimate of drug-likeness (QED) is 0.472. The molecule has 0 aliphatic heterocycles. The Bertz CT molecular complexity index is 129. The fourth-order valence-electron chi connectivity index (χ4n) is 1.57. The summed E-state index contributed by atoms with van der Waals surface area (Å²) in [5.41, 5.74) is 0. The van der Waals surface area contributed by atoms with Crippen molar-refractivity contribution in [2.45, 2.75) is 39.5 Å². The first-order chi connectivity index (χ1) is 4.70. The molecule has 10 heavy (non-hydrogen) atoms. The molecule has 0 aromatic carbocycles. The summed E-state index contributed by atoms with van der Waals surface area (Å²) >= 11 is 0. The molecule has 0 saturated heterocycles. The summed E-state index contributed by atoms with van der Waals surface area (Å²) in [7, 11) is 0. The highest BCUT2D eigenvalue weighted by Crippen LogP contribution is 2.25. The van der Waals surface area contributed by atoms with Gasteiger partial charge in [0.05, 0.1) is 0 Å². The Labute approximate surface area is 62.8 Å². The Morgan fingerprint density at radius 2 is 2.00 bits per heavy atom. The van der Waals surface area contributed by atoms with Crippen LogP contribution in [0.2, 0.25) is 0 Å². The van der Waals surface area contributed by atoms with Crippen LogP contribution in [0, 0.1) is 11.8 Å². The van der Waals surface area contributed by atoms with E-state index in [4.69, 9.17) is 0 Å². The molecule has 0 amide bonds. The van der Waals surface area contributed by atoms with Gasteiger partial charge in [-0.25, -0.2) is 0 Å². The second-order valence-corrected chi connectivity index (χ2v) is 3.59. The van der Waals surface area contributed by atoms with Crippen LogP contribution in [0.15, 0.2) is 0 Å². The molecule has 0 bridgehead atoms. The van der Waals surface area contributed by atoms with Crippen LogP contribution in [-0.2, 0) is 4.79 Å². The maximum atomic E-state index is 11.0. The van der Waals surface area contributed by atoms with Gasteiger partial charge in [0.1, 0.15) is 5.78 Å². The summed E-state index contributed by atoms with van der Waals surface area (Å²) in [6, 6.07) is 0. The van der Waals surface area contributed by atoms with Gasteiger partial charge in [0.2, 0.25) is 0 Å². The predicted molar refractivity (Wildman–Crippen MR) is 41.8 cm³/mol. The van der Waals surface area contributed by atoms with E-state index in [-0.39, 0.29) is 0 Å². The van der Waals surface area contributed by atoms with Crippen LogP contribution in [0.4, 0.5) is 0 Å². The third kappa shape index (κ3) is 1.83. The van der Waals surface area contributed by atoms with Crippen LogP contribution < -0.4 is 0 Å². The van der Waals surface area contributed by atoms with E-state index in [1.165, 1.54) is 6.42 Å². The molecule has 0 N–H and O–H groups in total. The van der Waals surface area contributed by atoms with Crippen molar-refractivity contribution in [3.63, 3.8) is 0 Å². The first kappa shape index (κ1) is 7.77. The van der Waals surface area contributed by atoms with Gasteiger partial charge in [0, 0.05) is 12.8 Å². The van der Waals surface area contributed by atoms with Gasteiger partial charge in [-0.15, -0.1) is 0 Å². The van der Waals surface area contributed by atoms with Crippen molar-refractivity contribution in [3.05, 3.63) is 0 Å². The molecular formula is C9H16O. The molecule has 1 rings (SSSR count). The molecule has 1 aliphatic carbocycles. The minimum atomic E-state index is 0.469. The summed E-state index contributed by atoms with van der Waals surface area (Å²) < 4.78 is 0. The SMILES string of the molecule is C[C@@H]1CC(=O)CCC[C@@H]1C. The van der Waals surface area contributed by atoms with Gasteiger partial charge >= 0.3 is 0 Å². The largest absolute Gasteiger partial charge is 0.300 e. The number of hydrogen-bond donors (Lipinski definition) is 0. The van der Waals surface area contributed by atoms with Gasteiger partial charge < -0.3 is 0 Å². The molecule has 1 aliphatic rings. The number of carbonyl (C=O) groups is 1. The van der Waals surface area contributed by atoms with Crippen LogP contribution in [0.5, 0.6) is 0 Å². The van der Waals surface area contributed by atoms with Crippen molar-refractivity contribution in [2.24, 2.45) is 11.8 Å². The molecule has 1 saturated carbocycles. The zero-order valence-electron chi connectivity index (χ0n) is 6.89. The minimum Gasteiger partial charge on any atom is -0.300 e. The molecular weight excluding hydrogens is 124 g/mol. The molecule has 1 heteroatoms. The highest BCUT2D eigenvalue weighted by atomic mass is 16.1. The molecule has 0 aromatic rings. The lowest BCUT2D eigenvalue weighted by atomic mass is 9.91. The third-order valence-corrected chi connectivity index (χ3v) is 2.64. The monoisotopic (exact) mass is 140 g/mol. The fourth-order valence-corrected chi connectivity index (χ4v) is 1.57. The second-order valence-electron chi connectivity index (χ2n) is 3.59. The normalized spacial score (nSPS) is 35.6. The van der Waals surface area contributed by atoms with Crippen LogP contribution in [0.3, 0.4) is 0 Å². The van der Waals surface area contributed by atoms with E-state index in [1.807, 2.05) is 0 Å². The van der Waals surface area contributed by atoms with E-state index < -0.39 is 0 Å². The minimum absolute atomic E-state index is 0.469. The van der Waals surface area contributed by atoms with Gasteiger partial charge in [-0.1, -0.05) is 20.3 Å². The topological polar surface area (TPSA) is 17.1 Å². The lowest BCUT2D eigenvalue weighted by Crippen LogP contribution is -2.07. The Morgan fingerprint density at radius 3 is 2.70 bits per heavy atom. The number of carbonyl (C=O) groups excluding carboxylic acids is 1. The fraction of sp³-hybridized carbons (Fsp3) is 0.889. The molecule has 58 valence electrons. The van der Waals surface area contributed by atoms with Crippen molar-refractivity contribution in [1.29, 1.82) is 0 Å². The number of hydrogen-bond acceptors (Lipinski definition) is 1. The van der Waals surface area contributed by atoms with Gasteiger partial charge in [0.15, 0.2) is 0 Å². The first-order valence-electron chi connectivity index (χ1n) is 4.22. The van der Waals surface area contributed by atoms with Crippen LogP contribution in [0.25, 0.3) is 0 Å². The average Bonchev–Trinajstić information content (AvgIpc) is 1.96. The summed E-state index contributed by atoms with van der Waals surface area (Å²) in [5.74, 6) is 1.85. The van der Waals surface area contributed by atoms with E-state index in [2.05, 4.69) is 13.8 Å².